The number of hydrogen-bond acceptors (Lipinski definition) is 7. The molecule has 0 amide bonds. The number of thiophene rings is 1. The number of nitrogens with zero attached hydrogens (tertiary/aromatic N) is 2. The van der Waals surface area contributed by atoms with E-state index in [0.29, 0.717) is 20.9 Å². The van der Waals surface area contributed by atoms with Crippen molar-refractivity contribution in [1.29, 1.82) is 0 Å². The topological polar surface area (TPSA) is 54.9 Å². The Morgan fingerprint density at radius 3 is 2.86 bits per heavy atom. The molecule has 0 aliphatic carbocycles. The van der Waals surface area contributed by atoms with E-state index >= 15 is 0 Å². The van der Waals surface area contributed by atoms with Crippen molar-refractivity contribution in [2.45, 2.75) is 4.34 Å². The molecule has 0 unspecified atom stereocenters. The normalized spacial score (nSPS) is 10.6. The Hall–Kier alpha value is -1.77. The van der Waals surface area contributed by atoms with E-state index < -0.39 is 0 Å². The highest BCUT2D eigenvalue weighted by Crippen LogP contribution is 2.29. The molecule has 2 heterocycles. The quantitative estimate of drug-likeness (QED) is 0.525. The van der Waals surface area contributed by atoms with Crippen molar-refractivity contribution in [3.63, 3.8) is 0 Å². The van der Waals surface area contributed by atoms with Gasteiger partial charge >= 0.3 is 0 Å². The lowest BCUT2D eigenvalue weighted by Crippen LogP contribution is -1.98. The third-order valence-corrected chi connectivity index (χ3v) is 5.53. The van der Waals surface area contributed by atoms with Crippen molar-refractivity contribution < 1.29 is 9.18 Å². The first-order chi connectivity index (χ1) is 10.7. The Labute approximate surface area is 138 Å². The van der Waals surface area contributed by atoms with E-state index in [1.54, 1.807) is 24.3 Å². The highest BCUT2D eigenvalue weighted by molar-refractivity contribution is 8.01. The molecule has 3 aromatic rings. The van der Waals surface area contributed by atoms with Crippen molar-refractivity contribution in [3.8, 4) is 0 Å². The fourth-order valence-corrected chi connectivity index (χ4v) is 4.04. The molecule has 2 aromatic heterocycles. The number of ketones is 1. The molecule has 1 aromatic carbocycles. The zero-order chi connectivity index (χ0) is 15.4. The standard InChI is InChI=1S/C14H10FN3OS3/c15-9-4-1-2-5-10(9)16-13-17-18-14(22-13)21-8-11(19)12-6-3-7-20-12/h1-7H,8H2,(H,16,17). The number of Topliss-reactive ketones (excluding diaryl/α,β-unsaturated/α-hetero) is 1. The van der Waals surface area contributed by atoms with Gasteiger partial charge in [0.05, 0.1) is 16.3 Å². The summed E-state index contributed by atoms with van der Waals surface area (Å²) in [5.74, 6) is 0.0352. The Balaban J connectivity index is 1.60. The molecular formula is C14H10FN3OS3. The zero-order valence-corrected chi connectivity index (χ0v) is 13.6. The van der Waals surface area contributed by atoms with E-state index in [4.69, 9.17) is 0 Å². The summed E-state index contributed by atoms with van der Waals surface area (Å²) in [6, 6.07) is 10.0. The minimum atomic E-state index is -0.347. The lowest BCUT2D eigenvalue weighted by Gasteiger charge is -2.01. The van der Waals surface area contributed by atoms with Crippen molar-refractivity contribution in [2.75, 3.05) is 11.1 Å². The molecule has 1 N–H and O–H groups in total. The summed E-state index contributed by atoms with van der Waals surface area (Å²) in [5.41, 5.74) is 0.352. The summed E-state index contributed by atoms with van der Waals surface area (Å²) in [7, 11) is 0. The zero-order valence-electron chi connectivity index (χ0n) is 11.2. The van der Waals surface area contributed by atoms with E-state index in [1.807, 2.05) is 11.4 Å². The van der Waals surface area contributed by atoms with Crippen LogP contribution in [-0.2, 0) is 0 Å². The molecular weight excluding hydrogens is 341 g/mol. The molecule has 4 nitrogen and oxygen atoms in total. The number of aromatic nitrogens is 2. The predicted molar refractivity (Wildman–Crippen MR) is 89.0 cm³/mol. The predicted octanol–water partition coefficient (Wildman–Crippen LogP) is 4.46. The van der Waals surface area contributed by atoms with Crippen LogP contribution in [-0.4, -0.2) is 21.7 Å². The molecule has 0 bridgehead atoms. The SMILES string of the molecule is O=C(CSc1nnc(Nc2ccccc2F)s1)c1cccs1. The lowest BCUT2D eigenvalue weighted by molar-refractivity contribution is 0.102. The summed E-state index contributed by atoms with van der Waals surface area (Å²) in [4.78, 5) is 12.6. The minimum Gasteiger partial charge on any atom is -0.328 e. The minimum absolute atomic E-state index is 0.0683. The number of nitrogens with one attached hydrogen (secondary N) is 1. The maximum Gasteiger partial charge on any atom is 0.210 e. The molecule has 0 saturated carbocycles. The van der Waals surface area contributed by atoms with Crippen LogP contribution in [0, 0.1) is 5.82 Å². The number of hydrogen-bond donors (Lipinski definition) is 1. The van der Waals surface area contributed by atoms with Crippen LogP contribution in [0.25, 0.3) is 0 Å². The molecule has 3 rings (SSSR count). The molecule has 0 atom stereocenters. The number of carbonyl (C=O) groups is 1. The number of rotatable bonds is 6. The smallest absolute Gasteiger partial charge is 0.210 e. The van der Waals surface area contributed by atoms with Crippen LogP contribution >= 0.6 is 34.4 Å². The molecule has 112 valence electrons. The Kier molecular flexibility index (Phi) is 4.81. The number of anilines is 2. The first kappa shape index (κ1) is 15.1. The van der Waals surface area contributed by atoms with Gasteiger partial charge in [-0.15, -0.1) is 21.5 Å². The van der Waals surface area contributed by atoms with Crippen LogP contribution in [0.2, 0.25) is 0 Å². The first-order valence-corrected chi connectivity index (χ1v) is 8.95. The largest absolute Gasteiger partial charge is 0.328 e. The summed E-state index contributed by atoms with van der Waals surface area (Å²) in [6.07, 6.45) is 0. The van der Waals surface area contributed by atoms with Gasteiger partial charge in [-0.3, -0.25) is 4.79 Å². The average Bonchev–Trinajstić information content (AvgIpc) is 3.19. The number of benzene rings is 1. The van der Waals surface area contributed by atoms with Gasteiger partial charge in [-0.1, -0.05) is 41.3 Å². The average molecular weight is 351 g/mol. The number of para-hydroxylation sites is 1. The lowest BCUT2D eigenvalue weighted by atomic mass is 10.3. The van der Waals surface area contributed by atoms with Gasteiger partial charge in [-0.05, 0) is 23.6 Å². The second-order valence-electron chi connectivity index (χ2n) is 4.17. The Morgan fingerprint density at radius 1 is 1.23 bits per heavy atom. The maximum atomic E-state index is 13.5. The van der Waals surface area contributed by atoms with Crippen LogP contribution in [0.4, 0.5) is 15.2 Å². The summed E-state index contributed by atoms with van der Waals surface area (Å²) >= 11 is 4.05. The van der Waals surface area contributed by atoms with Crippen molar-refractivity contribution in [2.24, 2.45) is 0 Å². The van der Waals surface area contributed by atoms with Crippen LogP contribution in [0.3, 0.4) is 0 Å². The van der Waals surface area contributed by atoms with Crippen LogP contribution < -0.4 is 5.32 Å². The fraction of sp³-hybridized carbons (Fsp3) is 0.0714. The molecule has 0 fully saturated rings. The van der Waals surface area contributed by atoms with Gasteiger partial charge < -0.3 is 5.32 Å². The summed E-state index contributed by atoms with van der Waals surface area (Å²) in [5, 5.41) is 13.2. The molecule has 22 heavy (non-hydrogen) atoms. The number of carbonyl (C=O) groups excluding carboxylic acids is 1. The molecule has 8 heteroatoms. The van der Waals surface area contributed by atoms with Gasteiger partial charge in [0.25, 0.3) is 0 Å². The maximum absolute atomic E-state index is 13.5. The monoisotopic (exact) mass is 351 g/mol. The van der Waals surface area contributed by atoms with Gasteiger partial charge in [-0.25, -0.2) is 4.39 Å². The van der Waals surface area contributed by atoms with Crippen LogP contribution in [0.15, 0.2) is 46.1 Å². The Bertz CT molecular complexity index is 773. The van der Waals surface area contributed by atoms with E-state index in [0.717, 1.165) is 4.88 Å². The van der Waals surface area contributed by atoms with Crippen molar-refractivity contribution in [1.82, 2.24) is 10.2 Å². The van der Waals surface area contributed by atoms with Gasteiger partial charge in [0.2, 0.25) is 5.13 Å². The summed E-state index contributed by atoms with van der Waals surface area (Å²) in [6.45, 7) is 0. The molecule has 0 saturated heterocycles. The second kappa shape index (κ2) is 6.99. The second-order valence-corrected chi connectivity index (χ2v) is 7.31. The molecule has 0 radical (unpaired) electrons. The Morgan fingerprint density at radius 2 is 2.09 bits per heavy atom. The van der Waals surface area contributed by atoms with Gasteiger partial charge in [-0.2, -0.15) is 0 Å². The number of halogens is 1. The third-order valence-electron chi connectivity index (χ3n) is 2.64. The fourth-order valence-electron chi connectivity index (χ4n) is 1.63. The molecule has 0 spiro atoms. The first-order valence-electron chi connectivity index (χ1n) is 6.27. The van der Waals surface area contributed by atoms with E-state index in [1.165, 1.54) is 40.5 Å². The summed E-state index contributed by atoms with van der Waals surface area (Å²) < 4.78 is 14.2. The highest BCUT2D eigenvalue weighted by Gasteiger charge is 2.11. The van der Waals surface area contributed by atoms with Crippen molar-refractivity contribution >= 4 is 51.0 Å². The van der Waals surface area contributed by atoms with Crippen LogP contribution in [0.5, 0.6) is 0 Å². The van der Waals surface area contributed by atoms with Gasteiger partial charge in [0, 0.05) is 0 Å². The third kappa shape index (κ3) is 3.70. The highest BCUT2D eigenvalue weighted by atomic mass is 32.2. The van der Waals surface area contributed by atoms with Gasteiger partial charge in [0.15, 0.2) is 10.1 Å². The number of thioether (sulfide) groups is 1. The van der Waals surface area contributed by atoms with E-state index in [2.05, 4.69) is 15.5 Å². The molecule has 0 aliphatic heterocycles. The van der Waals surface area contributed by atoms with E-state index in [9.17, 15) is 9.18 Å². The van der Waals surface area contributed by atoms with Crippen LogP contribution in [0.1, 0.15) is 9.67 Å². The van der Waals surface area contributed by atoms with Crippen molar-refractivity contribution in [3.05, 3.63) is 52.5 Å². The van der Waals surface area contributed by atoms with E-state index in [-0.39, 0.29) is 11.6 Å². The van der Waals surface area contributed by atoms with Gasteiger partial charge in [0.1, 0.15) is 5.82 Å². The molecule has 0 aliphatic rings.